The number of aromatic nitrogens is 2. The van der Waals surface area contributed by atoms with E-state index in [1.54, 1.807) is 30.3 Å². The molecule has 112 valence electrons. The minimum absolute atomic E-state index is 0.0330. The van der Waals surface area contributed by atoms with E-state index in [2.05, 4.69) is 10.3 Å². The van der Waals surface area contributed by atoms with Crippen LogP contribution in [0.2, 0.25) is 0 Å². The van der Waals surface area contributed by atoms with Gasteiger partial charge in [-0.3, -0.25) is 4.79 Å². The van der Waals surface area contributed by atoms with Crippen LogP contribution in [0, 0.1) is 5.21 Å². The number of hydrogen-bond donors (Lipinski definition) is 1. The molecule has 0 atom stereocenters. The van der Waals surface area contributed by atoms with Gasteiger partial charge in [0.15, 0.2) is 17.7 Å². The van der Waals surface area contributed by atoms with Gasteiger partial charge in [-0.05, 0) is 24.3 Å². The van der Waals surface area contributed by atoms with Gasteiger partial charge in [0.05, 0.1) is 0 Å². The topological polar surface area (TPSA) is 82.1 Å². The summed E-state index contributed by atoms with van der Waals surface area (Å²) in [5.41, 5.74) is 1.93. The Morgan fingerprint density at radius 3 is 2.86 bits per heavy atom. The molecule has 1 N–H and O–H groups in total. The number of rotatable bonds is 3. The van der Waals surface area contributed by atoms with Crippen molar-refractivity contribution < 1.29 is 13.9 Å². The lowest BCUT2D eigenvalue weighted by molar-refractivity contribution is -0.607. The van der Waals surface area contributed by atoms with Gasteiger partial charge < -0.3 is 14.9 Å². The van der Waals surface area contributed by atoms with E-state index >= 15 is 0 Å². The van der Waals surface area contributed by atoms with E-state index in [0.717, 1.165) is 0 Å². The zero-order valence-corrected chi connectivity index (χ0v) is 12.2. The van der Waals surface area contributed by atoms with Crippen LogP contribution >= 0.6 is 0 Å². The number of amides is 1. The van der Waals surface area contributed by atoms with Gasteiger partial charge in [-0.2, -0.15) is 4.73 Å². The second kappa shape index (κ2) is 5.48. The molecular weight excluding hydrogens is 282 g/mol. The highest BCUT2D eigenvalue weighted by Crippen LogP contribution is 2.23. The van der Waals surface area contributed by atoms with E-state index < -0.39 is 5.91 Å². The first kappa shape index (κ1) is 14.1. The second-order valence-electron chi connectivity index (χ2n) is 5.26. The molecule has 2 aromatic heterocycles. The number of carbonyl (C=O) groups is 1. The zero-order chi connectivity index (χ0) is 15.7. The first-order valence-corrected chi connectivity index (χ1v) is 6.94. The highest BCUT2D eigenvalue weighted by Gasteiger charge is 2.16. The second-order valence-corrected chi connectivity index (χ2v) is 5.26. The molecule has 0 bridgehead atoms. The Balaban J connectivity index is 1.88. The predicted molar refractivity (Wildman–Crippen MR) is 81.5 cm³/mol. The van der Waals surface area contributed by atoms with Crippen LogP contribution < -0.4 is 10.0 Å². The van der Waals surface area contributed by atoms with Crippen LogP contribution in [-0.4, -0.2) is 10.9 Å². The largest absolute Gasteiger partial charge is 0.618 e. The van der Waals surface area contributed by atoms with Crippen LogP contribution in [0.1, 0.15) is 36.1 Å². The summed E-state index contributed by atoms with van der Waals surface area (Å²) in [6.07, 6.45) is 1.28. The van der Waals surface area contributed by atoms with Crippen molar-refractivity contribution in [1.29, 1.82) is 0 Å². The standard InChI is InChI=1S/C16H15N3O3/c1-10(2)16-18-12-9-11(6-7-14(12)22-16)17-15(20)13-5-3-4-8-19(13)21/h3-10H,1-2H3,(H,17,20). The number of nitrogens with one attached hydrogen (secondary N) is 1. The molecule has 1 amide bonds. The van der Waals surface area contributed by atoms with Gasteiger partial charge in [-0.15, -0.1) is 0 Å². The number of carbonyl (C=O) groups excluding carboxylic acids is 1. The molecule has 0 unspecified atom stereocenters. The number of hydrogen-bond acceptors (Lipinski definition) is 4. The average molecular weight is 297 g/mol. The van der Waals surface area contributed by atoms with Crippen molar-refractivity contribution in [2.45, 2.75) is 19.8 Å². The Kier molecular flexibility index (Phi) is 3.50. The smallest absolute Gasteiger partial charge is 0.321 e. The van der Waals surface area contributed by atoms with Crippen molar-refractivity contribution in [3.63, 3.8) is 0 Å². The lowest BCUT2D eigenvalue weighted by atomic mass is 10.2. The molecule has 22 heavy (non-hydrogen) atoms. The normalized spacial score (nSPS) is 11.0. The van der Waals surface area contributed by atoms with Crippen LogP contribution in [0.4, 0.5) is 5.69 Å². The van der Waals surface area contributed by atoms with E-state index in [1.165, 1.54) is 12.3 Å². The van der Waals surface area contributed by atoms with E-state index in [9.17, 15) is 10.0 Å². The maximum Gasteiger partial charge on any atom is 0.321 e. The highest BCUT2D eigenvalue weighted by atomic mass is 16.5. The summed E-state index contributed by atoms with van der Waals surface area (Å²) in [6, 6.07) is 9.86. The molecule has 0 aliphatic rings. The lowest BCUT2D eigenvalue weighted by Crippen LogP contribution is -2.36. The molecule has 6 nitrogen and oxygen atoms in total. The van der Waals surface area contributed by atoms with Crippen molar-refractivity contribution in [1.82, 2.24) is 4.98 Å². The quantitative estimate of drug-likeness (QED) is 0.595. The summed E-state index contributed by atoms with van der Waals surface area (Å²) in [5, 5.41) is 14.3. The molecule has 3 rings (SSSR count). The van der Waals surface area contributed by atoms with Gasteiger partial charge in [0, 0.05) is 23.7 Å². The molecule has 0 saturated carbocycles. The average Bonchev–Trinajstić information content (AvgIpc) is 2.91. The van der Waals surface area contributed by atoms with Crippen LogP contribution in [-0.2, 0) is 0 Å². The van der Waals surface area contributed by atoms with E-state index in [4.69, 9.17) is 4.42 Å². The van der Waals surface area contributed by atoms with Crippen molar-refractivity contribution >= 4 is 22.7 Å². The number of anilines is 1. The van der Waals surface area contributed by atoms with E-state index in [0.29, 0.717) is 27.4 Å². The maximum absolute atomic E-state index is 12.1. The van der Waals surface area contributed by atoms with E-state index in [-0.39, 0.29) is 11.6 Å². The Bertz CT molecular complexity index is 840. The monoisotopic (exact) mass is 297 g/mol. The Morgan fingerprint density at radius 2 is 2.14 bits per heavy atom. The summed E-state index contributed by atoms with van der Waals surface area (Å²) >= 11 is 0. The zero-order valence-electron chi connectivity index (χ0n) is 12.2. The molecule has 0 saturated heterocycles. The first-order valence-electron chi connectivity index (χ1n) is 6.94. The molecule has 0 fully saturated rings. The fourth-order valence-corrected chi connectivity index (χ4v) is 2.07. The first-order chi connectivity index (χ1) is 10.5. The fraction of sp³-hybridized carbons (Fsp3) is 0.188. The minimum atomic E-state index is -0.470. The van der Waals surface area contributed by atoms with Crippen LogP contribution in [0.5, 0.6) is 0 Å². The van der Waals surface area contributed by atoms with Crippen molar-refractivity contribution in [3.05, 3.63) is 59.4 Å². The van der Waals surface area contributed by atoms with Gasteiger partial charge >= 0.3 is 5.91 Å². The Morgan fingerprint density at radius 1 is 1.32 bits per heavy atom. The number of pyridine rings is 1. The van der Waals surface area contributed by atoms with Gasteiger partial charge in [0.2, 0.25) is 0 Å². The third-order valence-corrected chi connectivity index (χ3v) is 3.21. The summed E-state index contributed by atoms with van der Waals surface area (Å²) in [5.74, 6) is 0.371. The fourth-order valence-electron chi connectivity index (χ4n) is 2.07. The molecule has 0 aliphatic heterocycles. The molecule has 0 aliphatic carbocycles. The van der Waals surface area contributed by atoms with Crippen molar-refractivity contribution in [2.75, 3.05) is 5.32 Å². The summed E-state index contributed by atoms with van der Waals surface area (Å²) in [4.78, 5) is 16.5. The predicted octanol–water partition coefficient (Wildman–Crippen LogP) is 2.84. The molecule has 0 radical (unpaired) electrons. The van der Waals surface area contributed by atoms with Gasteiger partial charge in [0.1, 0.15) is 5.52 Å². The molecule has 2 heterocycles. The van der Waals surface area contributed by atoms with Gasteiger partial charge in [0.25, 0.3) is 5.69 Å². The number of fused-ring (bicyclic) bond motifs is 1. The Hall–Kier alpha value is -2.89. The molecule has 0 spiro atoms. The van der Waals surface area contributed by atoms with Gasteiger partial charge in [-0.25, -0.2) is 4.98 Å². The van der Waals surface area contributed by atoms with Crippen LogP contribution in [0.3, 0.4) is 0 Å². The molecular formula is C16H15N3O3. The lowest BCUT2D eigenvalue weighted by Gasteiger charge is -2.05. The third-order valence-electron chi connectivity index (χ3n) is 3.21. The summed E-state index contributed by atoms with van der Waals surface area (Å²) < 4.78 is 6.14. The van der Waals surface area contributed by atoms with Gasteiger partial charge in [-0.1, -0.05) is 13.8 Å². The summed E-state index contributed by atoms with van der Waals surface area (Å²) in [6.45, 7) is 3.99. The number of oxazole rings is 1. The maximum atomic E-state index is 12.1. The van der Waals surface area contributed by atoms with E-state index in [1.807, 2.05) is 13.8 Å². The van der Waals surface area contributed by atoms with Crippen LogP contribution in [0.25, 0.3) is 11.1 Å². The molecule has 6 heteroatoms. The minimum Gasteiger partial charge on any atom is -0.618 e. The molecule has 3 aromatic rings. The highest BCUT2D eigenvalue weighted by molar-refractivity contribution is 6.02. The van der Waals surface area contributed by atoms with Crippen molar-refractivity contribution in [2.24, 2.45) is 0 Å². The number of benzene rings is 1. The third kappa shape index (κ3) is 2.63. The number of nitrogens with zero attached hydrogens (tertiary/aromatic N) is 2. The van der Waals surface area contributed by atoms with Crippen molar-refractivity contribution in [3.8, 4) is 0 Å². The Labute approximate surface area is 127 Å². The SMILES string of the molecule is CC(C)c1nc2cc(NC(=O)c3cccc[n+]3[O-])ccc2o1. The van der Waals surface area contributed by atoms with Crippen LogP contribution in [0.15, 0.2) is 47.0 Å². The molecule has 1 aromatic carbocycles. The summed E-state index contributed by atoms with van der Waals surface area (Å²) in [7, 11) is 0.